The Kier molecular flexibility index (Phi) is 4.94. The summed E-state index contributed by atoms with van der Waals surface area (Å²) in [6, 6.07) is 13.4. The minimum absolute atomic E-state index is 0.677. The molecule has 4 aromatic rings. The van der Waals surface area contributed by atoms with Crippen LogP contribution in [0, 0.1) is 0 Å². The molecule has 8 heteroatoms. The standard InChI is InChI=1S/C20H18N4O3S/c1-25-15-6-4-5-14(12-15)19-21-22-20-24(19)23-18(28-20)10-8-13-7-9-16(26-2)17(11-13)27-3/h4-12H,1-3H3/b10-8+. The number of hydrogen-bond acceptors (Lipinski definition) is 7. The van der Waals surface area contributed by atoms with E-state index in [1.165, 1.54) is 11.3 Å². The van der Waals surface area contributed by atoms with E-state index < -0.39 is 0 Å². The second-order valence-electron chi connectivity index (χ2n) is 5.84. The minimum atomic E-state index is 0.677. The average molecular weight is 394 g/mol. The molecule has 4 rings (SSSR count). The summed E-state index contributed by atoms with van der Waals surface area (Å²) < 4.78 is 17.6. The van der Waals surface area contributed by atoms with Crippen LogP contribution in [0.1, 0.15) is 10.6 Å². The van der Waals surface area contributed by atoms with Crippen molar-refractivity contribution in [3.8, 4) is 28.6 Å². The first-order chi connectivity index (χ1) is 13.7. The molecular weight excluding hydrogens is 376 g/mol. The molecule has 2 aromatic heterocycles. The maximum atomic E-state index is 5.34. The molecule has 0 bridgehead atoms. The smallest absolute Gasteiger partial charge is 0.235 e. The van der Waals surface area contributed by atoms with Gasteiger partial charge in [-0.25, -0.2) is 0 Å². The van der Waals surface area contributed by atoms with Gasteiger partial charge in [-0.1, -0.05) is 35.6 Å². The lowest BCUT2D eigenvalue weighted by atomic mass is 10.2. The number of methoxy groups -OCH3 is 3. The lowest BCUT2D eigenvalue weighted by Crippen LogP contribution is -1.92. The van der Waals surface area contributed by atoms with E-state index in [-0.39, 0.29) is 0 Å². The molecule has 0 N–H and O–H groups in total. The van der Waals surface area contributed by atoms with Gasteiger partial charge >= 0.3 is 0 Å². The minimum Gasteiger partial charge on any atom is -0.497 e. The van der Waals surface area contributed by atoms with Crippen LogP contribution in [-0.4, -0.2) is 41.1 Å². The Hall–Kier alpha value is -3.39. The molecule has 0 fully saturated rings. The van der Waals surface area contributed by atoms with Gasteiger partial charge in [-0.05, 0) is 35.9 Å². The van der Waals surface area contributed by atoms with Crippen LogP contribution in [0.15, 0.2) is 42.5 Å². The van der Waals surface area contributed by atoms with Gasteiger partial charge in [-0.15, -0.1) is 10.2 Å². The van der Waals surface area contributed by atoms with Gasteiger partial charge in [0.05, 0.1) is 21.3 Å². The maximum absolute atomic E-state index is 5.34. The van der Waals surface area contributed by atoms with Crippen molar-refractivity contribution in [2.75, 3.05) is 21.3 Å². The molecule has 7 nitrogen and oxygen atoms in total. The summed E-state index contributed by atoms with van der Waals surface area (Å²) in [4.78, 5) is 0.727. The fourth-order valence-electron chi connectivity index (χ4n) is 2.77. The third-order valence-corrected chi connectivity index (χ3v) is 5.02. The lowest BCUT2D eigenvalue weighted by molar-refractivity contribution is 0.355. The summed E-state index contributed by atoms with van der Waals surface area (Å²) >= 11 is 1.46. The van der Waals surface area contributed by atoms with Gasteiger partial charge in [0, 0.05) is 5.56 Å². The molecule has 0 radical (unpaired) electrons. The van der Waals surface area contributed by atoms with Crippen molar-refractivity contribution in [1.29, 1.82) is 0 Å². The van der Waals surface area contributed by atoms with Crippen LogP contribution < -0.4 is 14.2 Å². The number of benzene rings is 2. The van der Waals surface area contributed by atoms with E-state index >= 15 is 0 Å². The summed E-state index contributed by atoms with van der Waals surface area (Å²) in [5.41, 5.74) is 1.88. The van der Waals surface area contributed by atoms with Crippen LogP contribution in [0.25, 0.3) is 28.5 Å². The molecular formula is C20H18N4O3S. The highest BCUT2D eigenvalue weighted by Crippen LogP contribution is 2.29. The van der Waals surface area contributed by atoms with Gasteiger partial charge in [-0.2, -0.15) is 9.61 Å². The van der Waals surface area contributed by atoms with E-state index in [0.29, 0.717) is 17.3 Å². The summed E-state index contributed by atoms with van der Waals surface area (Å²) in [6.07, 6.45) is 3.91. The van der Waals surface area contributed by atoms with Crippen molar-refractivity contribution >= 4 is 28.4 Å². The van der Waals surface area contributed by atoms with Gasteiger partial charge in [0.25, 0.3) is 0 Å². The number of nitrogens with zero attached hydrogens (tertiary/aromatic N) is 4. The van der Waals surface area contributed by atoms with E-state index in [2.05, 4.69) is 15.3 Å². The Morgan fingerprint density at radius 3 is 2.54 bits per heavy atom. The topological polar surface area (TPSA) is 70.8 Å². The zero-order chi connectivity index (χ0) is 19.5. The van der Waals surface area contributed by atoms with Gasteiger partial charge in [0.2, 0.25) is 4.96 Å². The second-order valence-corrected chi connectivity index (χ2v) is 6.83. The lowest BCUT2D eigenvalue weighted by Gasteiger charge is -2.07. The molecule has 0 aliphatic rings. The Morgan fingerprint density at radius 1 is 0.893 bits per heavy atom. The largest absolute Gasteiger partial charge is 0.497 e. The first-order valence-electron chi connectivity index (χ1n) is 8.48. The van der Waals surface area contributed by atoms with Crippen LogP contribution in [0.3, 0.4) is 0 Å². The van der Waals surface area contributed by atoms with Gasteiger partial charge in [-0.3, -0.25) is 0 Å². The van der Waals surface area contributed by atoms with Crippen LogP contribution in [0.4, 0.5) is 0 Å². The van der Waals surface area contributed by atoms with Crippen LogP contribution >= 0.6 is 11.3 Å². The van der Waals surface area contributed by atoms with Gasteiger partial charge in [0.1, 0.15) is 10.8 Å². The molecule has 0 saturated carbocycles. The molecule has 28 heavy (non-hydrogen) atoms. The predicted molar refractivity (Wildman–Crippen MR) is 109 cm³/mol. The van der Waals surface area contributed by atoms with Gasteiger partial charge < -0.3 is 14.2 Å². The summed E-state index contributed by atoms with van der Waals surface area (Å²) in [5, 5.41) is 13.9. The molecule has 0 spiro atoms. The number of aromatic nitrogens is 4. The van der Waals surface area contributed by atoms with Crippen LogP contribution in [0.2, 0.25) is 0 Å². The zero-order valence-corrected chi connectivity index (χ0v) is 16.4. The fourth-order valence-corrected chi connectivity index (χ4v) is 3.51. The van der Waals surface area contributed by atoms with E-state index in [4.69, 9.17) is 14.2 Å². The maximum Gasteiger partial charge on any atom is 0.235 e. The summed E-state index contributed by atoms with van der Waals surface area (Å²) in [5.74, 6) is 2.82. The normalized spacial score (nSPS) is 11.2. The quantitative estimate of drug-likeness (QED) is 0.491. The van der Waals surface area contributed by atoms with Crippen molar-refractivity contribution in [3.63, 3.8) is 0 Å². The molecule has 0 atom stereocenters. The highest BCUT2D eigenvalue weighted by atomic mass is 32.1. The van der Waals surface area contributed by atoms with E-state index in [9.17, 15) is 0 Å². The monoisotopic (exact) mass is 394 g/mol. The van der Waals surface area contributed by atoms with Crippen LogP contribution in [-0.2, 0) is 0 Å². The number of fused-ring (bicyclic) bond motifs is 1. The van der Waals surface area contributed by atoms with Crippen molar-refractivity contribution < 1.29 is 14.2 Å². The Morgan fingerprint density at radius 2 is 1.75 bits per heavy atom. The highest BCUT2D eigenvalue weighted by molar-refractivity contribution is 7.17. The molecule has 2 aromatic carbocycles. The van der Waals surface area contributed by atoms with Crippen molar-refractivity contribution in [2.24, 2.45) is 0 Å². The van der Waals surface area contributed by atoms with E-state index in [1.807, 2.05) is 54.6 Å². The molecule has 142 valence electrons. The molecule has 0 amide bonds. The molecule has 0 saturated heterocycles. The molecule has 2 heterocycles. The average Bonchev–Trinajstić information content (AvgIpc) is 3.32. The highest BCUT2D eigenvalue weighted by Gasteiger charge is 2.13. The summed E-state index contributed by atoms with van der Waals surface area (Å²) in [7, 11) is 4.87. The number of hydrogen-bond donors (Lipinski definition) is 0. The predicted octanol–water partition coefficient (Wildman–Crippen LogP) is 4.05. The molecule has 0 aliphatic carbocycles. The third kappa shape index (κ3) is 3.41. The Bertz CT molecular complexity index is 1150. The molecule has 0 aliphatic heterocycles. The van der Waals surface area contributed by atoms with Crippen LogP contribution in [0.5, 0.6) is 17.2 Å². The van der Waals surface area contributed by atoms with Crippen molar-refractivity contribution in [2.45, 2.75) is 0 Å². The first kappa shape index (κ1) is 18.0. The van der Waals surface area contributed by atoms with Crippen molar-refractivity contribution in [1.82, 2.24) is 19.8 Å². The Labute approximate surface area is 165 Å². The second kappa shape index (κ2) is 7.69. The third-order valence-electron chi connectivity index (χ3n) is 4.16. The number of ether oxygens (including phenoxy) is 3. The zero-order valence-electron chi connectivity index (χ0n) is 15.6. The Balaban J connectivity index is 1.64. The van der Waals surface area contributed by atoms with E-state index in [1.54, 1.807) is 25.8 Å². The SMILES string of the molecule is COc1cccc(-c2nnc3sc(/C=C/c4ccc(OC)c(OC)c4)nn23)c1. The first-order valence-corrected chi connectivity index (χ1v) is 9.30. The van der Waals surface area contributed by atoms with Crippen molar-refractivity contribution in [3.05, 3.63) is 53.0 Å². The van der Waals surface area contributed by atoms with Gasteiger partial charge in [0.15, 0.2) is 17.3 Å². The fraction of sp³-hybridized carbons (Fsp3) is 0.150. The van der Waals surface area contributed by atoms with E-state index in [0.717, 1.165) is 26.8 Å². The number of rotatable bonds is 6. The summed E-state index contributed by atoms with van der Waals surface area (Å²) in [6.45, 7) is 0. The molecule has 0 unspecified atom stereocenters.